The molecule has 0 bridgehead atoms. The van der Waals surface area contributed by atoms with E-state index in [1.54, 1.807) is 0 Å². The van der Waals surface area contributed by atoms with Gasteiger partial charge < -0.3 is 10.2 Å². The van der Waals surface area contributed by atoms with Crippen LogP contribution in [-0.2, 0) is 0 Å². The Labute approximate surface area is 132 Å². The van der Waals surface area contributed by atoms with Crippen LogP contribution in [0.15, 0.2) is 0 Å². The van der Waals surface area contributed by atoms with Crippen LogP contribution in [0.2, 0.25) is 0 Å². The minimum atomic E-state index is 0.772. The summed E-state index contributed by atoms with van der Waals surface area (Å²) in [6.45, 7) is 6.28. The first-order valence-electron chi connectivity index (χ1n) is 9.79. The summed E-state index contributed by atoms with van der Waals surface area (Å²) in [7, 11) is 0. The van der Waals surface area contributed by atoms with Gasteiger partial charge in [0.15, 0.2) is 0 Å². The van der Waals surface area contributed by atoms with Gasteiger partial charge in [0.1, 0.15) is 0 Å². The summed E-state index contributed by atoms with van der Waals surface area (Å²) in [4.78, 5) is 2.86. The molecular weight excluding hydrogens is 256 g/mol. The van der Waals surface area contributed by atoms with E-state index in [2.05, 4.69) is 17.1 Å². The Kier molecular flexibility index (Phi) is 5.61. The fourth-order valence-corrected chi connectivity index (χ4v) is 5.16. The monoisotopic (exact) mass is 292 g/mol. The maximum absolute atomic E-state index is 3.72. The first-order chi connectivity index (χ1) is 10.3. The number of piperidine rings is 1. The van der Waals surface area contributed by atoms with Crippen molar-refractivity contribution in [2.75, 3.05) is 19.6 Å². The number of hydrogen-bond acceptors (Lipinski definition) is 2. The summed E-state index contributed by atoms with van der Waals surface area (Å²) in [5.41, 5.74) is 0.772. The van der Waals surface area contributed by atoms with Crippen molar-refractivity contribution >= 4 is 0 Å². The molecule has 0 aromatic rings. The smallest absolute Gasteiger partial charge is 0.00964 e. The number of hydrogen-bond donors (Lipinski definition) is 1. The lowest BCUT2D eigenvalue weighted by Crippen LogP contribution is -2.48. The van der Waals surface area contributed by atoms with Gasteiger partial charge in [-0.3, -0.25) is 0 Å². The molecule has 3 aliphatic rings. The van der Waals surface area contributed by atoms with Crippen LogP contribution in [-0.4, -0.2) is 36.6 Å². The van der Waals surface area contributed by atoms with Crippen molar-refractivity contribution in [2.45, 2.75) is 96.1 Å². The number of likely N-dealkylation sites (tertiary alicyclic amines) is 1. The molecule has 1 aliphatic heterocycles. The lowest BCUT2D eigenvalue weighted by atomic mass is 9.68. The van der Waals surface area contributed by atoms with Gasteiger partial charge in [0.2, 0.25) is 0 Å². The zero-order valence-electron chi connectivity index (χ0n) is 14.2. The number of nitrogens with one attached hydrogen (secondary N) is 1. The highest BCUT2D eigenvalue weighted by molar-refractivity contribution is 4.91. The van der Waals surface area contributed by atoms with Gasteiger partial charge in [0, 0.05) is 12.1 Å². The van der Waals surface area contributed by atoms with Crippen LogP contribution in [0.3, 0.4) is 0 Å². The van der Waals surface area contributed by atoms with Gasteiger partial charge in [-0.1, -0.05) is 26.2 Å². The van der Waals surface area contributed by atoms with Crippen molar-refractivity contribution in [2.24, 2.45) is 5.41 Å². The Hall–Kier alpha value is -0.0800. The minimum Gasteiger partial charge on any atom is -0.314 e. The number of rotatable bonds is 4. The van der Waals surface area contributed by atoms with Crippen LogP contribution in [0.25, 0.3) is 0 Å². The third kappa shape index (κ3) is 4.01. The Bertz CT molecular complexity index is 291. The van der Waals surface area contributed by atoms with E-state index in [1.807, 2.05) is 0 Å². The Balaban J connectivity index is 1.41. The van der Waals surface area contributed by atoms with Crippen molar-refractivity contribution in [1.29, 1.82) is 0 Å². The summed E-state index contributed by atoms with van der Waals surface area (Å²) in [5, 5.41) is 3.72. The van der Waals surface area contributed by atoms with Crippen molar-refractivity contribution < 1.29 is 0 Å². The zero-order valence-corrected chi connectivity index (χ0v) is 14.2. The van der Waals surface area contributed by atoms with E-state index in [4.69, 9.17) is 0 Å². The van der Waals surface area contributed by atoms with Gasteiger partial charge in [-0.2, -0.15) is 0 Å². The molecular formula is C19H36N2. The first-order valence-corrected chi connectivity index (χ1v) is 9.79. The predicted octanol–water partition coefficient (Wildman–Crippen LogP) is 4.34. The maximum Gasteiger partial charge on any atom is 0.00964 e. The van der Waals surface area contributed by atoms with Crippen LogP contribution < -0.4 is 5.32 Å². The summed E-state index contributed by atoms with van der Waals surface area (Å²) in [5.74, 6) is 0. The zero-order chi connectivity index (χ0) is 14.5. The predicted molar refractivity (Wildman–Crippen MR) is 90.7 cm³/mol. The van der Waals surface area contributed by atoms with Crippen LogP contribution in [0.1, 0.15) is 84.0 Å². The number of nitrogens with zero attached hydrogens (tertiary/aromatic N) is 1. The molecule has 3 fully saturated rings. The molecule has 2 aliphatic carbocycles. The van der Waals surface area contributed by atoms with Crippen molar-refractivity contribution in [1.82, 2.24) is 10.2 Å². The second-order valence-corrected chi connectivity index (χ2v) is 8.06. The SMILES string of the molecule is CCCNC1CCC(N2CCC3(CCCCC3)CC2)CC1. The lowest BCUT2D eigenvalue weighted by molar-refractivity contribution is 0.0326. The highest BCUT2D eigenvalue weighted by Gasteiger charge is 2.37. The van der Waals surface area contributed by atoms with Gasteiger partial charge in [0.05, 0.1) is 0 Å². The molecule has 1 spiro atoms. The normalized spacial score (nSPS) is 34.1. The van der Waals surface area contributed by atoms with Gasteiger partial charge >= 0.3 is 0 Å². The molecule has 2 heteroatoms. The average molecular weight is 293 g/mol. The minimum absolute atomic E-state index is 0.772. The lowest BCUT2D eigenvalue weighted by Gasteiger charge is -2.47. The van der Waals surface area contributed by atoms with Crippen LogP contribution >= 0.6 is 0 Å². The van der Waals surface area contributed by atoms with E-state index in [0.717, 1.165) is 17.5 Å². The molecule has 0 atom stereocenters. The van der Waals surface area contributed by atoms with E-state index in [0.29, 0.717) is 0 Å². The molecule has 21 heavy (non-hydrogen) atoms. The average Bonchev–Trinajstić information content (AvgIpc) is 2.55. The summed E-state index contributed by atoms with van der Waals surface area (Å²) >= 11 is 0. The molecule has 0 aromatic heterocycles. The third-order valence-electron chi connectivity index (χ3n) is 6.67. The van der Waals surface area contributed by atoms with Gasteiger partial charge in [-0.05, 0) is 82.8 Å². The molecule has 0 unspecified atom stereocenters. The van der Waals surface area contributed by atoms with E-state index in [9.17, 15) is 0 Å². The fraction of sp³-hybridized carbons (Fsp3) is 1.00. The van der Waals surface area contributed by atoms with Crippen LogP contribution in [0.4, 0.5) is 0 Å². The van der Waals surface area contributed by atoms with E-state index >= 15 is 0 Å². The van der Waals surface area contributed by atoms with Crippen LogP contribution in [0, 0.1) is 5.41 Å². The highest BCUT2D eigenvalue weighted by Crippen LogP contribution is 2.45. The Morgan fingerprint density at radius 3 is 2.19 bits per heavy atom. The van der Waals surface area contributed by atoms with E-state index in [1.165, 1.54) is 96.7 Å². The van der Waals surface area contributed by atoms with E-state index < -0.39 is 0 Å². The quantitative estimate of drug-likeness (QED) is 0.829. The van der Waals surface area contributed by atoms with E-state index in [-0.39, 0.29) is 0 Å². The summed E-state index contributed by atoms with van der Waals surface area (Å²) in [6, 6.07) is 1.72. The molecule has 0 aromatic carbocycles. The van der Waals surface area contributed by atoms with Gasteiger partial charge in [-0.25, -0.2) is 0 Å². The molecule has 2 nitrogen and oxygen atoms in total. The molecule has 0 radical (unpaired) electrons. The molecule has 1 N–H and O–H groups in total. The highest BCUT2D eigenvalue weighted by atomic mass is 15.2. The van der Waals surface area contributed by atoms with Crippen molar-refractivity contribution in [3.05, 3.63) is 0 Å². The fourth-order valence-electron chi connectivity index (χ4n) is 5.16. The molecule has 1 saturated heterocycles. The molecule has 3 rings (SSSR count). The molecule has 122 valence electrons. The summed E-state index contributed by atoms with van der Waals surface area (Å²) in [6.07, 6.45) is 17.6. The largest absolute Gasteiger partial charge is 0.314 e. The molecule has 2 saturated carbocycles. The first kappa shape index (κ1) is 15.8. The van der Waals surface area contributed by atoms with Gasteiger partial charge in [0.25, 0.3) is 0 Å². The molecule has 1 heterocycles. The second kappa shape index (κ2) is 7.46. The second-order valence-electron chi connectivity index (χ2n) is 8.06. The standard InChI is InChI=1S/C19H36N2/c1-2-14-20-17-6-8-18(9-7-17)21-15-12-19(13-16-21)10-4-3-5-11-19/h17-18,20H,2-16H2,1H3. The third-order valence-corrected chi connectivity index (χ3v) is 6.67. The maximum atomic E-state index is 3.72. The van der Waals surface area contributed by atoms with Gasteiger partial charge in [-0.15, -0.1) is 0 Å². The summed E-state index contributed by atoms with van der Waals surface area (Å²) < 4.78 is 0. The Morgan fingerprint density at radius 2 is 1.57 bits per heavy atom. The molecule has 0 amide bonds. The Morgan fingerprint density at radius 1 is 0.905 bits per heavy atom. The van der Waals surface area contributed by atoms with Crippen LogP contribution in [0.5, 0.6) is 0 Å². The van der Waals surface area contributed by atoms with Crippen molar-refractivity contribution in [3.63, 3.8) is 0 Å². The topological polar surface area (TPSA) is 15.3 Å². The van der Waals surface area contributed by atoms with Crippen molar-refractivity contribution in [3.8, 4) is 0 Å².